The van der Waals surface area contributed by atoms with E-state index in [0.717, 1.165) is 17.7 Å². The van der Waals surface area contributed by atoms with Crippen LogP contribution in [-0.4, -0.2) is 23.7 Å². The van der Waals surface area contributed by atoms with Crippen LogP contribution in [0.2, 0.25) is 5.02 Å². The van der Waals surface area contributed by atoms with Crippen molar-refractivity contribution in [3.63, 3.8) is 0 Å². The van der Waals surface area contributed by atoms with Crippen molar-refractivity contribution < 1.29 is 4.79 Å². The Morgan fingerprint density at radius 3 is 2.64 bits per heavy atom. The van der Waals surface area contributed by atoms with Crippen molar-refractivity contribution in [2.45, 2.75) is 48.8 Å². The van der Waals surface area contributed by atoms with Crippen LogP contribution in [-0.2, 0) is 4.79 Å². The van der Waals surface area contributed by atoms with Crippen LogP contribution in [0.5, 0.6) is 0 Å². The molecular formula is C16H24Cl2N2OS. The number of rotatable bonds is 5. The lowest BCUT2D eigenvalue weighted by atomic mass is 9.84. The standard InChI is InChI=1S/C16H23ClN2OS.ClH/c1-11(21-14-8-6-13(17)7-9-14)16(20)19-15-5-3-2-4-12(15)10-18;/h6-9,11-12,15H,2-5,10,18H2,1H3,(H,19,20);1H. The maximum absolute atomic E-state index is 12.3. The zero-order valence-corrected chi connectivity index (χ0v) is 15.1. The normalized spacial score (nSPS) is 22.5. The predicted molar refractivity (Wildman–Crippen MR) is 97.0 cm³/mol. The van der Waals surface area contributed by atoms with Gasteiger partial charge in [-0.1, -0.05) is 24.4 Å². The van der Waals surface area contributed by atoms with Gasteiger partial charge in [0.2, 0.25) is 5.91 Å². The number of thioether (sulfide) groups is 1. The first-order valence-corrected chi connectivity index (χ1v) is 8.78. The molecule has 1 fully saturated rings. The maximum atomic E-state index is 12.3. The van der Waals surface area contributed by atoms with E-state index < -0.39 is 0 Å². The number of amides is 1. The summed E-state index contributed by atoms with van der Waals surface area (Å²) in [6, 6.07) is 7.82. The minimum absolute atomic E-state index is 0. The molecule has 1 amide bonds. The number of nitrogens with two attached hydrogens (primary N) is 1. The van der Waals surface area contributed by atoms with E-state index >= 15 is 0 Å². The second-order valence-electron chi connectivity index (χ2n) is 5.61. The third-order valence-corrected chi connectivity index (χ3v) is 5.40. The van der Waals surface area contributed by atoms with Crippen molar-refractivity contribution in [1.29, 1.82) is 0 Å². The molecule has 3 nitrogen and oxygen atoms in total. The lowest BCUT2D eigenvalue weighted by Crippen LogP contribution is -2.47. The van der Waals surface area contributed by atoms with Crippen molar-refractivity contribution in [3.05, 3.63) is 29.3 Å². The summed E-state index contributed by atoms with van der Waals surface area (Å²) < 4.78 is 0. The molecule has 124 valence electrons. The van der Waals surface area contributed by atoms with Crippen LogP contribution in [0.1, 0.15) is 32.6 Å². The smallest absolute Gasteiger partial charge is 0.233 e. The molecule has 1 aromatic rings. The Morgan fingerprint density at radius 1 is 1.36 bits per heavy atom. The average molecular weight is 363 g/mol. The van der Waals surface area contributed by atoms with E-state index in [1.165, 1.54) is 12.8 Å². The monoisotopic (exact) mass is 362 g/mol. The van der Waals surface area contributed by atoms with E-state index in [9.17, 15) is 4.79 Å². The molecule has 1 aliphatic carbocycles. The largest absolute Gasteiger partial charge is 0.352 e. The Labute approximate surface area is 148 Å². The van der Waals surface area contributed by atoms with Gasteiger partial charge in [0.15, 0.2) is 0 Å². The van der Waals surface area contributed by atoms with Gasteiger partial charge in [-0.15, -0.1) is 24.2 Å². The molecular weight excluding hydrogens is 339 g/mol. The van der Waals surface area contributed by atoms with Crippen LogP contribution in [0.4, 0.5) is 0 Å². The van der Waals surface area contributed by atoms with Gasteiger partial charge in [0.1, 0.15) is 0 Å². The lowest BCUT2D eigenvalue weighted by molar-refractivity contribution is -0.121. The van der Waals surface area contributed by atoms with E-state index in [-0.39, 0.29) is 29.6 Å². The van der Waals surface area contributed by atoms with Crippen molar-refractivity contribution >= 4 is 41.7 Å². The summed E-state index contributed by atoms with van der Waals surface area (Å²) in [5.74, 6) is 0.524. The Morgan fingerprint density at radius 2 is 2.00 bits per heavy atom. The molecule has 0 radical (unpaired) electrons. The zero-order chi connectivity index (χ0) is 15.2. The lowest BCUT2D eigenvalue weighted by Gasteiger charge is -2.32. The molecule has 1 aliphatic rings. The average Bonchev–Trinajstić information content (AvgIpc) is 2.50. The van der Waals surface area contributed by atoms with Crippen molar-refractivity contribution in [2.75, 3.05) is 6.54 Å². The molecule has 3 unspecified atom stereocenters. The van der Waals surface area contributed by atoms with Crippen molar-refractivity contribution in [1.82, 2.24) is 5.32 Å². The van der Waals surface area contributed by atoms with E-state index in [1.54, 1.807) is 11.8 Å². The number of carbonyl (C=O) groups is 1. The Balaban J connectivity index is 0.00000242. The van der Waals surface area contributed by atoms with Gasteiger partial charge in [-0.05, 0) is 56.5 Å². The maximum Gasteiger partial charge on any atom is 0.233 e. The molecule has 0 bridgehead atoms. The third kappa shape index (κ3) is 5.65. The van der Waals surface area contributed by atoms with E-state index in [4.69, 9.17) is 17.3 Å². The van der Waals surface area contributed by atoms with E-state index in [2.05, 4.69) is 5.32 Å². The predicted octanol–water partition coefficient (Wildman–Crippen LogP) is 3.88. The fraction of sp³-hybridized carbons (Fsp3) is 0.562. The Bertz CT molecular complexity index is 470. The number of halogens is 2. The molecule has 1 aromatic carbocycles. The van der Waals surface area contributed by atoms with Gasteiger partial charge in [0, 0.05) is 16.0 Å². The second kappa shape index (κ2) is 9.66. The van der Waals surface area contributed by atoms with Crippen LogP contribution < -0.4 is 11.1 Å². The summed E-state index contributed by atoms with van der Waals surface area (Å²) in [5, 5.41) is 3.78. The van der Waals surface area contributed by atoms with Gasteiger partial charge >= 0.3 is 0 Å². The van der Waals surface area contributed by atoms with E-state index in [1.807, 2.05) is 31.2 Å². The minimum atomic E-state index is -0.119. The van der Waals surface area contributed by atoms with Gasteiger partial charge in [-0.2, -0.15) is 0 Å². The molecule has 0 heterocycles. The Kier molecular flexibility index (Phi) is 8.62. The third-order valence-electron chi connectivity index (χ3n) is 4.04. The molecule has 0 spiro atoms. The molecule has 3 atom stereocenters. The first-order valence-electron chi connectivity index (χ1n) is 7.53. The summed E-state index contributed by atoms with van der Waals surface area (Å²) in [7, 11) is 0. The molecule has 6 heteroatoms. The van der Waals surface area contributed by atoms with Crippen LogP contribution in [0.3, 0.4) is 0 Å². The number of hydrogen-bond donors (Lipinski definition) is 2. The first-order chi connectivity index (χ1) is 10.1. The molecule has 2 rings (SSSR count). The minimum Gasteiger partial charge on any atom is -0.352 e. The molecule has 0 saturated heterocycles. The van der Waals surface area contributed by atoms with Gasteiger partial charge in [-0.3, -0.25) is 4.79 Å². The fourth-order valence-corrected chi connectivity index (χ4v) is 3.75. The molecule has 1 saturated carbocycles. The molecule has 0 aromatic heterocycles. The summed E-state index contributed by atoms with van der Waals surface area (Å²) >= 11 is 7.43. The molecule has 0 aliphatic heterocycles. The second-order valence-corrected chi connectivity index (χ2v) is 7.46. The summed E-state index contributed by atoms with van der Waals surface area (Å²) in [6.45, 7) is 2.60. The zero-order valence-electron chi connectivity index (χ0n) is 12.8. The number of carbonyl (C=O) groups excluding carboxylic acids is 1. The number of nitrogens with one attached hydrogen (secondary N) is 1. The quantitative estimate of drug-likeness (QED) is 0.781. The van der Waals surface area contributed by atoms with Gasteiger partial charge in [0.05, 0.1) is 5.25 Å². The van der Waals surface area contributed by atoms with Gasteiger partial charge in [-0.25, -0.2) is 0 Å². The molecule has 22 heavy (non-hydrogen) atoms. The van der Waals surface area contributed by atoms with E-state index in [0.29, 0.717) is 17.5 Å². The van der Waals surface area contributed by atoms with Crippen LogP contribution in [0, 0.1) is 5.92 Å². The number of benzene rings is 1. The van der Waals surface area contributed by atoms with Crippen LogP contribution in [0.15, 0.2) is 29.2 Å². The van der Waals surface area contributed by atoms with Gasteiger partial charge < -0.3 is 11.1 Å². The Hall–Kier alpha value is -0.420. The summed E-state index contributed by atoms with van der Waals surface area (Å²) in [5.41, 5.74) is 5.81. The fourth-order valence-electron chi connectivity index (χ4n) is 2.75. The van der Waals surface area contributed by atoms with Crippen molar-refractivity contribution in [3.8, 4) is 0 Å². The topological polar surface area (TPSA) is 55.1 Å². The van der Waals surface area contributed by atoms with Crippen LogP contribution in [0.25, 0.3) is 0 Å². The highest BCUT2D eigenvalue weighted by molar-refractivity contribution is 8.00. The van der Waals surface area contributed by atoms with Crippen molar-refractivity contribution in [2.24, 2.45) is 11.7 Å². The summed E-state index contributed by atoms with van der Waals surface area (Å²) in [6.07, 6.45) is 4.58. The molecule has 3 N–H and O–H groups in total. The summed E-state index contributed by atoms with van der Waals surface area (Å²) in [4.78, 5) is 13.4. The highest BCUT2D eigenvalue weighted by atomic mass is 35.5. The van der Waals surface area contributed by atoms with Gasteiger partial charge in [0.25, 0.3) is 0 Å². The first kappa shape index (κ1) is 19.6. The number of hydrogen-bond acceptors (Lipinski definition) is 3. The van der Waals surface area contributed by atoms with Crippen LogP contribution >= 0.6 is 35.8 Å². The SMILES string of the molecule is CC(Sc1ccc(Cl)cc1)C(=O)NC1CCCCC1CN.Cl. The highest BCUT2D eigenvalue weighted by Gasteiger charge is 2.27. The highest BCUT2D eigenvalue weighted by Crippen LogP contribution is 2.27.